The van der Waals surface area contributed by atoms with Gasteiger partial charge in [0.1, 0.15) is 0 Å². The first-order chi connectivity index (χ1) is 13.8. The fourth-order valence-corrected chi connectivity index (χ4v) is 5.95. The molecule has 1 fully saturated rings. The summed E-state index contributed by atoms with van der Waals surface area (Å²) in [7, 11) is -3.40. The van der Waals surface area contributed by atoms with Crippen LogP contribution >= 0.6 is 0 Å². The van der Waals surface area contributed by atoms with Crippen LogP contribution < -0.4 is 0 Å². The molecule has 3 rings (SSSR count). The Bertz CT molecular complexity index is 939. The summed E-state index contributed by atoms with van der Waals surface area (Å²) in [6.07, 6.45) is 2.71. The van der Waals surface area contributed by atoms with E-state index in [0.29, 0.717) is 26.2 Å². The van der Waals surface area contributed by atoms with E-state index in [4.69, 9.17) is 4.98 Å². The number of aryl methyl sites for hydroxylation is 2. The molecule has 0 aliphatic carbocycles. The molecule has 1 aromatic carbocycles. The first-order valence-electron chi connectivity index (χ1n) is 10.6. The lowest BCUT2D eigenvalue weighted by Gasteiger charge is -2.35. The fourth-order valence-electron chi connectivity index (χ4n) is 4.24. The maximum Gasteiger partial charge on any atom is 0.281 e. The SMILES string of the molecule is CCN(CC)S(=O)(=O)N1CCC[C@H](c2cc(Cc3cccc(C)c3)cc(C)n2)C1. The predicted octanol–water partition coefficient (Wildman–Crippen LogP) is 4.06. The Hall–Kier alpha value is -1.76. The van der Waals surface area contributed by atoms with Gasteiger partial charge in [-0.05, 0) is 56.4 Å². The summed E-state index contributed by atoms with van der Waals surface area (Å²) in [5.74, 6) is 0.144. The standard InChI is InChI=1S/C23H33N3O2S/c1-5-25(6-2)29(27,28)26-12-8-11-22(17-26)23-16-21(14-19(4)24-23)15-20-10-7-9-18(3)13-20/h7,9-10,13-14,16,22H,5-6,8,11-12,15,17H2,1-4H3/t22-/m0/s1. The minimum atomic E-state index is -3.40. The maximum absolute atomic E-state index is 13.0. The van der Waals surface area contributed by atoms with Crippen molar-refractivity contribution in [3.8, 4) is 0 Å². The Morgan fingerprint density at radius 2 is 1.86 bits per heavy atom. The molecule has 1 atom stereocenters. The Morgan fingerprint density at radius 3 is 2.55 bits per heavy atom. The van der Waals surface area contributed by atoms with Gasteiger partial charge < -0.3 is 0 Å². The van der Waals surface area contributed by atoms with Crippen molar-refractivity contribution in [3.05, 3.63) is 64.5 Å². The van der Waals surface area contributed by atoms with E-state index in [1.807, 2.05) is 20.8 Å². The molecular weight excluding hydrogens is 382 g/mol. The number of benzene rings is 1. The van der Waals surface area contributed by atoms with Crippen molar-refractivity contribution in [3.63, 3.8) is 0 Å². The molecule has 1 aliphatic heterocycles. The maximum atomic E-state index is 13.0. The van der Waals surface area contributed by atoms with Gasteiger partial charge in [0.05, 0.1) is 0 Å². The molecule has 1 saturated heterocycles. The van der Waals surface area contributed by atoms with Crippen molar-refractivity contribution in [1.82, 2.24) is 13.6 Å². The summed E-state index contributed by atoms with van der Waals surface area (Å²) in [5, 5.41) is 0. The highest BCUT2D eigenvalue weighted by Gasteiger charge is 2.33. The summed E-state index contributed by atoms with van der Waals surface area (Å²) >= 11 is 0. The zero-order valence-corrected chi connectivity index (χ0v) is 18.9. The lowest BCUT2D eigenvalue weighted by atomic mass is 9.93. The first kappa shape index (κ1) is 21.9. The van der Waals surface area contributed by atoms with Gasteiger partial charge in [0.2, 0.25) is 0 Å². The van der Waals surface area contributed by atoms with Crippen molar-refractivity contribution >= 4 is 10.2 Å². The predicted molar refractivity (Wildman–Crippen MR) is 118 cm³/mol. The van der Waals surface area contributed by atoms with E-state index in [9.17, 15) is 8.42 Å². The van der Waals surface area contributed by atoms with Crippen molar-refractivity contribution in [2.45, 2.75) is 52.9 Å². The van der Waals surface area contributed by atoms with Crippen molar-refractivity contribution in [1.29, 1.82) is 0 Å². The Morgan fingerprint density at radius 1 is 1.10 bits per heavy atom. The minimum absolute atomic E-state index is 0.144. The van der Waals surface area contributed by atoms with Gasteiger partial charge in [-0.15, -0.1) is 0 Å². The number of rotatable bonds is 7. The fraction of sp³-hybridized carbons (Fsp3) is 0.522. The molecule has 0 amide bonds. The summed E-state index contributed by atoms with van der Waals surface area (Å²) in [4.78, 5) is 4.78. The van der Waals surface area contributed by atoms with Crippen LogP contribution in [0.25, 0.3) is 0 Å². The Balaban J connectivity index is 1.82. The van der Waals surface area contributed by atoms with Crippen molar-refractivity contribution < 1.29 is 8.42 Å². The van der Waals surface area contributed by atoms with Crippen LogP contribution in [0.5, 0.6) is 0 Å². The van der Waals surface area contributed by atoms with Gasteiger partial charge in [0, 0.05) is 43.5 Å². The van der Waals surface area contributed by atoms with Crippen LogP contribution in [0.4, 0.5) is 0 Å². The van der Waals surface area contributed by atoms with Gasteiger partial charge in [-0.25, -0.2) is 0 Å². The van der Waals surface area contributed by atoms with E-state index in [2.05, 4.69) is 43.3 Å². The van der Waals surface area contributed by atoms with E-state index < -0.39 is 10.2 Å². The molecule has 0 N–H and O–H groups in total. The first-order valence-corrected chi connectivity index (χ1v) is 12.0. The topological polar surface area (TPSA) is 53.5 Å². The molecule has 2 aromatic rings. The molecule has 0 radical (unpaired) electrons. The molecule has 0 spiro atoms. The second-order valence-corrected chi connectivity index (χ2v) is 9.93. The molecule has 0 bridgehead atoms. The summed E-state index contributed by atoms with van der Waals surface area (Å²) in [5.41, 5.74) is 5.80. The minimum Gasteiger partial charge on any atom is -0.258 e. The number of nitrogens with zero attached hydrogens (tertiary/aromatic N) is 3. The molecule has 0 unspecified atom stereocenters. The van der Waals surface area contributed by atoms with Crippen LogP contribution in [0.15, 0.2) is 36.4 Å². The molecule has 0 saturated carbocycles. The summed E-state index contributed by atoms with van der Waals surface area (Å²) < 4.78 is 29.1. The van der Waals surface area contributed by atoms with Gasteiger partial charge in [-0.2, -0.15) is 17.0 Å². The van der Waals surface area contributed by atoms with Crippen LogP contribution in [0.1, 0.15) is 60.7 Å². The van der Waals surface area contributed by atoms with Crippen LogP contribution in [0.2, 0.25) is 0 Å². The summed E-state index contributed by atoms with van der Waals surface area (Å²) in [6, 6.07) is 12.9. The lowest BCUT2D eigenvalue weighted by molar-refractivity contribution is 0.285. The highest BCUT2D eigenvalue weighted by atomic mass is 32.2. The monoisotopic (exact) mass is 415 g/mol. The third-order valence-electron chi connectivity index (χ3n) is 5.68. The van der Waals surface area contributed by atoms with Gasteiger partial charge in [-0.1, -0.05) is 43.7 Å². The molecule has 158 valence electrons. The Kier molecular flexibility index (Phi) is 7.09. The van der Waals surface area contributed by atoms with Crippen LogP contribution in [-0.4, -0.2) is 48.2 Å². The highest BCUT2D eigenvalue weighted by molar-refractivity contribution is 7.86. The lowest BCUT2D eigenvalue weighted by Crippen LogP contribution is -2.47. The molecule has 1 aromatic heterocycles. The molecule has 1 aliphatic rings. The average Bonchev–Trinajstić information content (AvgIpc) is 2.68. The quantitative estimate of drug-likeness (QED) is 0.685. The molecule has 6 heteroatoms. The van der Waals surface area contributed by atoms with E-state index in [-0.39, 0.29) is 5.92 Å². The number of hydrogen-bond donors (Lipinski definition) is 0. The smallest absolute Gasteiger partial charge is 0.258 e. The van der Waals surface area contributed by atoms with E-state index in [0.717, 1.165) is 30.7 Å². The molecular formula is C23H33N3O2S. The zero-order chi connectivity index (χ0) is 21.0. The van der Waals surface area contributed by atoms with E-state index in [1.54, 1.807) is 8.61 Å². The molecule has 29 heavy (non-hydrogen) atoms. The van der Waals surface area contributed by atoms with Crippen molar-refractivity contribution in [2.24, 2.45) is 0 Å². The third-order valence-corrected chi connectivity index (χ3v) is 7.84. The second kappa shape index (κ2) is 9.37. The molecule has 2 heterocycles. The van der Waals surface area contributed by atoms with Crippen LogP contribution in [-0.2, 0) is 16.6 Å². The Labute approximate surface area is 175 Å². The van der Waals surface area contributed by atoms with Gasteiger partial charge in [-0.3, -0.25) is 4.98 Å². The van der Waals surface area contributed by atoms with E-state index in [1.165, 1.54) is 16.7 Å². The average molecular weight is 416 g/mol. The molecule has 5 nitrogen and oxygen atoms in total. The van der Waals surface area contributed by atoms with Crippen LogP contribution in [0, 0.1) is 13.8 Å². The highest BCUT2D eigenvalue weighted by Crippen LogP contribution is 2.29. The normalized spacial score (nSPS) is 18.3. The number of pyridine rings is 1. The van der Waals surface area contributed by atoms with Gasteiger partial charge in [0.15, 0.2) is 0 Å². The third kappa shape index (κ3) is 5.24. The zero-order valence-electron chi connectivity index (χ0n) is 18.1. The van der Waals surface area contributed by atoms with Crippen molar-refractivity contribution in [2.75, 3.05) is 26.2 Å². The van der Waals surface area contributed by atoms with Crippen LogP contribution in [0.3, 0.4) is 0 Å². The number of hydrogen-bond acceptors (Lipinski definition) is 3. The summed E-state index contributed by atoms with van der Waals surface area (Å²) in [6.45, 7) is 10.0. The van der Waals surface area contributed by atoms with E-state index >= 15 is 0 Å². The number of piperidine rings is 1. The van der Waals surface area contributed by atoms with Gasteiger partial charge in [0.25, 0.3) is 10.2 Å². The largest absolute Gasteiger partial charge is 0.281 e. The van der Waals surface area contributed by atoms with Gasteiger partial charge >= 0.3 is 0 Å². The second-order valence-electron chi connectivity index (χ2n) is 8.00. The number of aromatic nitrogens is 1.